The molecule has 0 aliphatic heterocycles. The second-order valence-corrected chi connectivity index (χ2v) is 8.18. The van der Waals surface area contributed by atoms with Gasteiger partial charge in [0.05, 0.1) is 0 Å². The average molecular weight is 405 g/mol. The summed E-state index contributed by atoms with van der Waals surface area (Å²) in [6, 6.07) is 22.6. The first-order valence-electron chi connectivity index (χ1n) is 9.98. The van der Waals surface area contributed by atoms with Crippen molar-refractivity contribution >= 4 is 22.8 Å². The van der Waals surface area contributed by atoms with Crippen LogP contribution in [0.1, 0.15) is 31.9 Å². The Morgan fingerprint density at radius 2 is 1.53 bits per heavy atom. The van der Waals surface area contributed by atoms with Gasteiger partial charge in [-0.1, -0.05) is 72.8 Å². The molecule has 30 heavy (non-hydrogen) atoms. The van der Waals surface area contributed by atoms with Crippen LogP contribution in [0, 0.1) is 0 Å². The summed E-state index contributed by atoms with van der Waals surface area (Å²) in [5.74, 6) is -0.502. The molecule has 1 N–H and O–H groups in total. The van der Waals surface area contributed by atoms with E-state index in [2.05, 4.69) is 5.32 Å². The normalized spacial score (nSPS) is 12.2. The molecule has 0 saturated carbocycles. The van der Waals surface area contributed by atoms with E-state index in [4.69, 9.17) is 9.47 Å². The van der Waals surface area contributed by atoms with E-state index in [1.807, 2.05) is 72.8 Å². The molecule has 0 aliphatic rings. The zero-order valence-corrected chi connectivity index (χ0v) is 17.6. The Hall–Kier alpha value is -3.34. The average Bonchev–Trinajstić information content (AvgIpc) is 2.71. The lowest BCUT2D eigenvalue weighted by atomic mass is 10.0. The van der Waals surface area contributed by atoms with Crippen LogP contribution in [0.3, 0.4) is 0 Å². The second kappa shape index (κ2) is 9.44. The minimum atomic E-state index is -0.857. The fraction of sp³-hybridized carbons (Fsp3) is 0.280. The van der Waals surface area contributed by atoms with Gasteiger partial charge in [-0.3, -0.25) is 0 Å². The highest BCUT2D eigenvalue weighted by Gasteiger charge is 2.26. The zero-order valence-electron chi connectivity index (χ0n) is 17.6. The summed E-state index contributed by atoms with van der Waals surface area (Å²) in [6.45, 7) is 5.47. The van der Waals surface area contributed by atoms with Crippen LogP contribution >= 0.6 is 0 Å². The number of amides is 1. The highest BCUT2D eigenvalue weighted by Crippen LogP contribution is 2.17. The number of nitrogens with one attached hydrogen (secondary N) is 1. The summed E-state index contributed by atoms with van der Waals surface area (Å²) in [5, 5.41) is 4.86. The molecule has 5 nitrogen and oxygen atoms in total. The number of alkyl carbamates (subject to hydrolysis) is 1. The SMILES string of the molecule is CC(C)(C)OC(=O)N[C@@H](Cc1ccc2ccccc2c1)C(=O)OCc1ccccc1. The van der Waals surface area contributed by atoms with Gasteiger partial charge in [-0.2, -0.15) is 0 Å². The molecular formula is C25H27NO4. The Bertz CT molecular complexity index is 1010. The monoisotopic (exact) mass is 405 g/mol. The highest BCUT2D eigenvalue weighted by atomic mass is 16.6. The quantitative estimate of drug-likeness (QED) is 0.585. The third-order valence-corrected chi connectivity index (χ3v) is 4.45. The van der Waals surface area contributed by atoms with Crippen LogP contribution in [0.5, 0.6) is 0 Å². The molecule has 0 unspecified atom stereocenters. The molecule has 1 amide bonds. The van der Waals surface area contributed by atoms with E-state index in [0.29, 0.717) is 6.42 Å². The number of hydrogen-bond donors (Lipinski definition) is 1. The van der Waals surface area contributed by atoms with E-state index in [1.54, 1.807) is 20.8 Å². The molecule has 156 valence electrons. The molecular weight excluding hydrogens is 378 g/mol. The first-order valence-corrected chi connectivity index (χ1v) is 9.98. The smallest absolute Gasteiger partial charge is 0.408 e. The molecule has 3 rings (SSSR count). The van der Waals surface area contributed by atoms with E-state index in [9.17, 15) is 9.59 Å². The minimum Gasteiger partial charge on any atom is -0.459 e. The van der Waals surface area contributed by atoms with Gasteiger partial charge in [-0.25, -0.2) is 9.59 Å². The van der Waals surface area contributed by atoms with Crippen molar-refractivity contribution in [2.75, 3.05) is 0 Å². The summed E-state index contributed by atoms with van der Waals surface area (Å²) in [7, 11) is 0. The Labute approximate surface area is 177 Å². The number of benzene rings is 3. The second-order valence-electron chi connectivity index (χ2n) is 8.18. The Balaban J connectivity index is 1.74. The summed E-state index contributed by atoms with van der Waals surface area (Å²) in [5.41, 5.74) is 1.14. The lowest BCUT2D eigenvalue weighted by Crippen LogP contribution is -2.45. The van der Waals surface area contributed by atoms with Gasteiger partial charge in [-0.15, -0.1) is 0 Å². The van der Waals surface area contributed by atoms with Gasteiger partial charge in [-0.05, 0) is 42.7 Å². The van der Waals surface area contributed by atoms with Crippen molar-refractivity contribution in [1.29, 1.82) is 0 Å². The number of fused-ring (bicyclic) bond motifs is 1. The minimum absolute atomic E-state index is 0.143. The maximum absolute atomic E-state index is 12.8. The highest BCUT2D eigenvalue weighted by molar-refractivity contribution is 5.84. The molecule has 3 aromatic rings. The van der Waals surface area contributed by atoms with E-state index >= 15 is 0 Å². The molecule has 0 fully saturated rings. The number of esters is 1. The van der Waals surface area contributed by atoms with Crippen molar-refractivity contribution in [1.82, 2.24) is 5.32 Å². The fourth-order valence-electron chi connectivity index (χ4n) is 3.07. The number of hydrogen-bond acceptors (Lipinski definition) is 4. The number of carbonyl (C=O) groups excluding carboxylic acids is 2. The van der Waals surface area contributed by atoms with Gasteiger partial charge in [0, 0.05) is 6.42 Å². The van der Waals surface area contributed by atoms with E-state index in [-0.39, 0.29) is 6.61 Å². The van der Waals surface area contributed by atoms with Gasteiger partial charge in [0.2, 0.25) is 0 Å². The molecule has 0 heterocycles. The number of ether oxygens (including phenoxy) is 2. The third-order valence-electron chi connectivity index (χ3n) is 4.45. The van der Waals surface area contributed by atoms with Crippen molar-refractivity contribution in [3.05, 3.63) is 83.9 Å². The van der Waals surface area contributed by atoms with E-state index in [0.717, 1.165) is 21.9 Å². The Morgan fingerprint density at radius 1 is 0.867 bits per heavy atom. The lowest BCUT2D eigenvalue weighted by Gasteiger charge is -2.23. The predicted molar refractivity (Wildman–Crippen MR) is 117 cm³/mol. The van der Waals surface area contributed by atoms with Gasteiger partial charge in [0.1, 0.15) is 18.2 Å². The molecule has 0 aromatic heterocycles. The van der Waals surface area contributed by atoms with Gasteiger partial charge < -0.3 is 14.8 Å². The predicted octanol–water partition coefficient (Wildman–Crippen LogP) is 5.02. The molecule has 1 atom stereocenters. The van der Waals surface area contributed by atoms with Gasteiger partial charge in [0.25, 0.3) is 0 Å². The molecule has 5 heteroatoms. The van der Waals surface area contributed by atoms with Crippen molar-refractivity contribution in [2.24, 2.45) is 0 Å². The first-order chi connectivity index (χ1) is 14.3. The van der Waals surface area contributed by atoms with Gasteiger partial charge >= 0.3 is 12.1 Å². The van der Waals surface area contributed by atoms with Crippen LogP contribution in [-0.4, -0.2) is 23.7 Å². The topological polar surface area (TPSA) is 64.6 Å². The van der Waals surface area contributed by atoms with Crippen LogP contribution in [0.25, 0.3) is 10.8 Å². The number of carbonyl (C=O) groups is 2. The largest absolute Gasteiger partial charge is 0.459 e. The summed E-state index contributed by atoms with van der Waals surface area (Å²) in [6.07, 6.45) is -0.345. The summed E-state index contributed by atoms with van der Waals surface area (Å²) >= 11 is 0. The van der Waals surface area contributed by atoms with Crippen LogP contribution in [0.15, 0.2) is 72.8 Å². The summed E-state index contributed by atoms with van der Waals surface area (Å²) in [4.78, 5) is 25.1. The van der Waals surface area contributed by atoms with Gasteiger partial charge in [0.15, 0.2) is 0 Å². The third kappa shape index (κ3) is 6.34. The van der Waals surface area contributed by atoms with E-state index in [1.165, 1.54) is 0 Å². The van der Waals surface area contributed by atoms with Crippen LogP contribution in [-0.2, 0) is 27.3 Å². The van der Waals surface area contributed by atoms with Crippen molar-refractivity contribution < 1.29 is 19.1 Å². The summed E-state index contributed by atoms with van der Waals surface area (Å²) < 4.78 is 10.8. The maximum Gasteiger partial charge on any atom is 0.408 e. The molecule has 0 aliphatic carbocycles. The molecule has 0 radical (unpaired) electrons. The fourth-order valence-corrected chi connectivity index (χ4v) is 3.07. The van der Waals surface area contributed by atoms with E-state index < -0.39 is 23.7 Å². The molecule has 3 aromatic carbocycles. The standard InChI is InChI=1S/C25H27NO4/c1-25(2,3)30-24(28)26-22(23(27)29-17-18-9-5-4-6-10-18)16-19-13-14-20-11-7-8-12-21(20)15-19/h4-15,22H,16-17H2,1-3H3,(H,26,28)/t22-/m0/s1. The lowest BCUT2D eigenvalue weighted by molar-refractivity contribution is -0.147. The zero-order chi connectivity index (χ0) is 21.6. The van der Waals surface area contributed by atoms with Crippen molar-refractivity contribution in [2.45, 2.75) is 45.4 Å². The van der Waals surface area contributed by atoms with Crippen LogP contribution in [0.2, 0.25) is 0 Å². The van der Waals surface area contributed by atoms with Crippen LogP contribution in [0.4, 0.5) is 4.79 Å². The Kier molecular flexibility index (Phi) is 6.72. The molecule has 0 saturated heterocycles. The molecule has 0 bridgehead atoms. The number of rotatable bonds is 6. The Morgan fingerprint density at radius 3 is 2.23 bits per heavy atom. The maximum atomic E-state index is 12.8. The first kappa shape index (κ1) is 21.4. The van der Waals surface area contributed by atoms with Crippen molar-refractivity contribution in [3.63, 3.8) is 0 Å². The molecule has 0 spiro atoms. The van der Waals surface area contributed by atoms with Crippen LogP contribution < -0.4 is 5.32 Å². The van der Waals surface area contributed by atoms with Crippen molar-refractivity contribution in [3.8, 4) is 0 Å².